The molecule has 2 aromatic heterocycles. The van der Waals surface area contributed by atoms with E-state index in [0.717, 1.165) is 52.7 Å². The summed E-state index contributed by atoms with van der Waals surface area (Å²) in [5.74, 6) is 0.765. The quantitative estimate of drug-likeness (QED) is 0.670. The van der Waals surface area contributed by atoms with Gasteiger partial charge in [0.15, 0.2) is 0 Å². The zero-order valence-electron chi connectivity index (χ0n) is 14.4. The van der Waals surface area contributed by atoms with E-state index in [9.17, 15) is 8.78 Å². The van der Waals surface area contributed by atoms with Gasteiger partial charge in [0.2, 0.25) is 5.13 Å². The zero-order valence-corrected chi connectivity index (χ0v) is 15.3. The van der Waals surface area contributed by atoms with Crippen molar-refractivity contribution in [3.63, 3.8) is 0 Å². The Morgan fingerprint density at radius 3 is 2.73 bits per heavy atom. The molecule has 0 N–H and O–H groups in total. The van der Waals surface area contributed by atoms with E-state index in [1.807, 2.05) is 31.2 Å². The standard InChI is InChI=1S/C18H20F2N4OS/c1-12-21-22-18(26-12)23-8-5-13(6-9-23)25-16-4-2-3-15-14(16)7-10-24(15)11-17(19)20/h2-4,7,10,13,17H,5-6,8-9,11H2,1H3. The first kappa shape index (κ1) is 17.2. The molecule has 0 bridgehead atoms. The zero-order chi connectivity index (χ0) is 18.1. The first-order chi connectivity index (χ1) is 12.6. The number of halogens is 2. The number of piperidine rings is 1. The summed E-state index contributed by atoms with van der Waals surface area (Å²) in [6, 6.07) is 7.48. The normalized spacial score (nSPS) is 15.9. The Kier molecular flexibility index (Phi) is 4.76. The second-order valence-electron chi connectivity index (χ2n) is 6.46. The molecule has 0 saturated carbocycles. The third-order valence-corrected chi connectivity index (χ3v) is 5.53. The Morgan fingerprint density at radius 2 is 2.04 bits per heavy atom. The summed E-state index contributed by atoms with van der Waals surface area (Å²) in [4.78, 5) is 2.24. The van der Waals surface area contributed by atoms with Gasteiger partial charge in [0.05, 0.1) is 12.1 Å². The molecule has 0 atom stereocenters. The maximum atomic E-state index is 12.7. The van der Waals surface area contributed by atoms with Crippen LogP contribution in [0.5, 0.6) is 5.75 Å². The average Bonchev–Trinajstić information content (AvgIpc) is 3.23. The number of benzene rings is 1. The van der Waals surface area contributed by atoms with Crippen LogP contribution in [0.1, 0.15) is 17.8 Å². The Hall–Kier alpha value is -2.22. The molecule has 0 amide bonds. The molecule has 8 heteroatoms. The van der Waals surface area contributed by atoms with Gasteiger partial charge in [-0.15, -0.1) is 10.2 Å². The van der Waals surface area contributed by atoms with Crippen LogP contribution in [0.2, 0.25) is 0 Å². The van der Waals surface area contributed by atoms with Gasteiger partial charge < -0.3 is 14.2 Å². The minimum Gasteiger partial charge on any atom is -0.490 e. The van der Waals surface area contributed by atoms with E-state index < -0.39 is 6.43 Å². The van der Waals surface area contributed by atoms with Crippen molar-refractivity contribution < 1.29 is 13.5 Å². The summed E-state index contributed by atoms with van der Waals surface area (Å²) in [7, 11) is 0. The van der Waals surface area contributed by atoms with Crippen LogP contribution in [-0.4, -0.2) is 40.4 Å². The SMILES string of the molecule is Cc1nnc(N2CCC(Oc3cccc4c3ccn4CC(F)F)CC2)s1. The van der Waals surface area contributed by atoms with Gasteiger partial charge in [-0.25, -0.2) is 8.78 Å². The molecule has 1 saturated heterocycles. The highest BCUT2D eigenvalue weighted by atomic mass is 32.1. The predicted octanol–water partition coefficient (Wildman–Crippen LogP) is 4.11. The second-order valence-corrected chi connectivity index (χ2v) is 7.62. The average molecular weight is 378 g/mol. The number of ether oxygens (including phenoxy) is 1. The molecule has 0 spiro atoms. The molecule has 5 nitrogen and oxygen atoms in total. The van der Waals surface area contributed by atoms with Gasteiger partial charge in [-0.1, -0.05) is 17.4 Å². The van der Waals surface area contributed by atoms with Crippen LogP contribution in [0.3, 0.4) is 0 Å². The molecule has 1 aliphatic rings. The number of anilines is 1. The van der Waals surface area contributed by atoms with E-state index in [2.05, 4.69) is 15.1 Å². The van der Waals surface area contributed by atoms with Crippen molar-refractivity contribution in [1.29, 1.82) is 0 Å². The molecule has 0 radical (unpaired) electrons. The highest BCUT2D eigenvalue weighted by Gasteiger charge is 2.23. The van der Waals surface area contributed by atoms with Crippen LogP contribution in [0.4, 0.5) is 13.9 Å². The molecule has 3 aromatic rings. The van der Waals surface area contributed by atoms with Crippen LogP contribution in [0, 0.1) is 6.92 Å². The van der Waals surface area contributed by atoms with Crippen molar-refractivity contribution in [3.8, 4) is 5.75 Å². The Morgan fingerprint density at radius 1 is 1.23 bits per heavy atom. The van der Waals surface area contributed by atoms with Crippen LogP contribution in [0.15, 0.2) is 30.5 Å². The highest BCUT2D eigenvalue weighted by Crippen LogP contribution is 2.30. The Balaban J connectivity index is 1.44. The van der Waals surface area contributed by atoms with Crippen molar-refractivity contribution in [2.75, 3.05) is 18.0 Å². The fourth-order valence-electron chi connectivity index (χ4n) is 3.36. The van der Waals surface area contributed by atoms with Gasteiger partial charge >= 0.3 is 0 Å². The third kappa shape index (κ3) is 3.51. The van der Waals surface area contributed by atoms with Gasteiger partial charge in [-0.05, 0) is 25.1 Å². The summed E-state index contributed by atoms with van der Waals surface area (Å²) < 4.78 is 33.2. The Labute approximate surface area is 154 Å². The highest BCUT2D eigenvalue weighted by molar-refractivity contribution is 7.15. The van der Waals surface area contributed by atoms with E-state index in [1.54, 1.807) is 22.1 Å². The molecule has 0 aliphatic carbocycles. The summed E-state index contributed by atoms with van der Waals surface area (Å²) in [6.07, 6.45) is 1.23. The van der Waals surface area contributed by atoms with Crippen LogP contribution >= 0.6 is 11.3 Å². The number of rotatable bonds is 5. The van der Waals surface area contributed by atoms with E-state index in [0.29, 0.717) is 0 Å². The molecule has 0 unspecified atom stereocenters. The number of hydrogen-bond acceptors (Lipinski definition) is 5. The van der Waals surface area contributed by atoms with Crippen LogP contribution < -0.4 is 9.64 Å². The van der Waals surface area contributed by atoms with Crippen molar-refractivity contribution in [2.24, 2.45) is 0 Å². The lowest BCUT2D eigenvalue weighted by molar-refractivity contribution is 0.128. The third-order valence-electron chi connectivity index (χ3n) is 4.63. The first-order valence-electron chi connectivity index (χ1n) is 8.68. The topological polar surface area (TPSA) is 43.2 Å². The Bertz CT molecular complexity index is 886. The summed E-state index contributed by atoms with van der Waals surface area (Å²) in [5, 5.41) is 11.1. The molecule has 4 rings (SSSR count). The molecule has 1 aromatic carbocycles. The summed E-state index contributed by atoms with van der Waals surface area (Å²) in [6.45, 7) is 3.41. The number of fused-ring (bicyclic) bond motifs is 1. The minimum absolute atomic E-state index is 0.115. The van der Waals surface area contributed by atoms with Crippen LogP contribution in [0.25, 0.3) is 10.9 Å². The number of nitrogens with zero attached hydrogens (tertiary/aromatic N) is 4. The van der Waals surface area contributed by atoms with E-state index in [4.69, 9.17) is 4.74 Å². The number of aromatic nitrogens is 3. The fraction of sp³-hybridized carbons (Fsp3) is 0.444. The number of hydrogen-bond donors (Lipinski definition) is 0. The number of alkyl halides is 2. The fourth-order valence-corrected chi connectivity index (χ4v) is 4.10. The predicted molar refractivity (Wildman–Crippen MR) is 98.5 cm³/mol. The van der Waals surface area contributed by atoms with E-state index >= 15 is 0 Å². The maximum Gasteiger partial charge on any atom is 0.256 e. The lowest BCUT2D eigenvalue weighted by Crippen LogP contribution is -2.38. The molecule has 1 fully saturated rings. The minimum atomic E-state index is -2.37. The van der Waals surface area contributed by atoms with Gasteiger partial charge in [-0.2, -0.15) is 0 Å². The smallest absolute Gasteiger partial charge is 0.256 e. The van der Waals surface area contributed by atoms with Gasteiger partial charge in [0.25, 0.3) is 6.43 Å². The van der Waals surface area contributed by atoms with Crippen LogP contribution in [-0.2, 0) is 6.54 Å². The van der Waals surface area contributed by atoms with Gasteiger partial charge in [-0.3, -0.25) is 0 Å². The molecule has 138 valence electrons. The lowest BCUT2D eigenvalue weighted by atomic mass is 10.1. The molecular weight excluding hydrogens is 358 g/mol. The molecular formula is C18H20F2N4OS. The maximum absolute atomic E-state index is 12.7. The first-order valence-corrected chi connectivity index (χ1v) is 9.49. The van der Waals surface area contributed by atoms with Crippen molar-refractivity contribution in [1.82, 2.24) is 14.8 Å². The monoisotopic (exact) mass is 378 g/mol. The summed E-state index contributed by atoms with van der Waals surface area (Å²) >= 11 is 1.61. The van der Waals surface area contributed by atoms with E-state index in [-0.39, 0.29) is 12.6 Å². The van der Waals surface area contributed by atoms with Crippen molar-refractivity contribution in [3.05, 3.63) is 35.5 Å². The molecule has 26 heavy (non-hydrogen) atoms. The van der Waals surface area contributed by atoms with E-state index in [1.165, 1.54) is 0 Å². The second kappa shape index (κ2) is 7.19. The lowest BCUT2D eigenvalue weighted by Gasteiger charge is -2.31. The molecule has 3 heterocycles. The largest absolute Gasteiger partial charge is 0.490 e. The van der Waals surface area contributed by atoms with Gasteiger partial charge in [0, 0.05) is 37.5 Å². The van der Waals surface area contributed by atoms with Crippen molar-refractivity contribution in [2.45, 2.75) is 38.8 Å². The summed E-state index contributed by atoms with van der Waals surface area (Å²) in [5.41, 5.74) is 0.782. The van der Waals surface area contributed by atoms with Crippen molar-refractivity contribution >= 4 is 27.4 Å². The molecule has 1 aliphatic heterocycles. The number of aryl methyl sites for hydroxylation is 1. The van der Waals surface area contributed by atoms with Gasteiger partial charge in [0.1, 0.15) is 16.9 Å².